The molecule has 47 heavy (non-hydrogen) atoms. The summed E-state index contributed by atoms with van der Waals surface area (Å²) in [5.74, 6) is 0. The molecular formula is C45H30N2. The fourth-order valence-corrected chi connectivity index (χ4v) is 7.73. The number of fused-ring (bicyclic) bond motifs is 9. The van der Waals surface area contributed by atoms with Gasteiger partial charge in [0, 0.05) is 38.3 Å². The number of aryl methyl sites for hydroxylation is 1. The first-order valence-corrected chi connectivity index (χ1v) is 16.3. The van der Waals surface area contributed by atoms with Crippen LogP contribution in [0.1, 0.15) is 5.56 Å². The Morgan fingerprint density at radius 3 is 1.79 bits per heavy atom. The van der Waals surface area contributed by atoms with Crippen LogP contribution in [0.15, 0.2) is 164 Å². The van der Waals surface area contributed by atoms with Crippen LogP contribution in [0.25, 0.3) is 87.7 Å². The number of hydrogen-bond acceptors (Lipinski definition) is 0. The first-order valence-electron chi connectivity index (χ1n) is 16.3. The second kappa shape index (κ2) is 9.94. The molecule has 0 radical (unpaired) electrons. The topological polar surface area (TPSA) is 9.86 Å². The van der Waals surface area contributed by atoms with Crippen molar-refractivity contribution in [3.05, 3.63) is 169 Å². The van der Waals surface area contributed by atoms with Gasteiger partial charge in [0.2, 0.25) is 0 Å². The van der Waals surface area contributed by atoms with Crippen LogP contribution in [-0.4, -0.2) is 9.13 Å². The van der Waals surface area contributed by atoms with E-state index >= 15 is 0 Å². The Bertz CT molecular complexity index is 2850. The van der Waals surface area contributed by atoms with Crippen LogP contribution in [0, 0.1) is 6.92 Å². The average molecular weight is 599 g/mol. The number of nitrogens with zero attached hydrogens (tertiary/aromatic N) is 2. The summed E-state index contributed by atoms with van der Waals surface area (Å²) in [6.45, 7) is 2.16. The standard InChI is InChI=1S/C45H30N2/c1-29-15-16-32-26-36(21-17-31(32)25-29)47-44-24-20-34(28-41(44)39-22-18-30-9-5-6-12-37(30)45(39)47)33-19-23-43-40(27-33)38-13-7-8-14-42(38)46(43)35-10-3-2-4-11-35/h2-28H,1H3. The summed E-state index contributed by atoms with van der Waals surface area (Å²) >= 11 is 0. The summed E-state index contributed by atoms with van der Waals surface area (Å²) < 4.78 is 4.84. The van der Waals surface area contributed by atoms with E-state index in [9.17, 15) is 0 Å². The van der Waals surface area contributed by atoms with Crippen molar-refractivity contribution in [1.82, 2.24) is 9.13 Å². The molecule has 0 aliphatic rings. The molecule has 0 aliphatic heterocycles. The lowest BCUT2D eigenvalue weighted by atomic mass is 10.00. The van der Waals surface area contributed by atoms with Gasteiger partial charge in [0.15, 0.2) is 0 Å². The molecule has 0 fully saturated rings. The summed E-state index contributed by atoms with van der Waals surface area (Å²) in [5.41, 5.74) is 11.0. The second-order valence-electron chi connectivity index (χ2n) is 12.7. The zero-order valence-corrected chi connectivity index (χ0v) is 26.0. The van der Waals surface area contributed by atoms with Crippen molar-refractivity contribution in [2.45, 2.75) is 6.92 Å². The number of benzene rings is 8. The molecular weight excluding hydrogens is 569 g/mol. The van der Waals surface area contributed by atoms with Gasteiger partial charge in [-0.1, -0.05) is 115 Å². The average Bonchev–Trinajstić information content (AvgIpc) is 3.64. The molecule has 0 unspecified atom stereocenters. The van der Waals surface area contributed by atoms with Crippen molar-refractivity contribution in [1.29, 1.82) is 0 Å². The third kappa shape index (κ3) is 3.92. The minimum Gasteiger partial charge on any atom is -0.309 e. The highest BCUT2D eigenvalue weighted by Crippen LogP contribution is 2.40. The second-order valence-corrected chi connectivity index (χ2v) is 12.7. The quantitative estimate of drug-likeness (QED) is 0.191. The van der Waals surface area contributed by atoms with Crippen molar-refractivity contribution in [2.75, 3.05) is 0 Å². The molecule has 0 amide bonds. The van der Waals surface area contributed by atoms with Gasteiger partial charge < -0.3 is 9.13 Å². The molecule has 2 heteroatoms. The lowest BCUT2D eigenvalue weighted by molar-refractivity contribution is 1.18. The highest BCUT2D eigenvalue weighted by Gasteiger charge is 2.18. The molecule has 0 saturated heterocycles. The number of rotatable bonds is 3. The zero-order valence-electron chi connectivity index (χ0n) is 26.0. The van der Waals surface area contributed by atoms with E-state index in [0.29, 0.717) is 0 Å². The SMILES string of the molecule is Cc1ccc2cc(-n3c4ccc(-c5ccc6c(c5)c5ccccc5n6-c5ccccc5)cc4c4ccc5ccccc5c43)ccc2c1. The summed E-state index contributed by atoms with van der Waals surface area (Å²) in [5, 5.41) is 10.1. The third-order valence-corrected chi connectivity index (χ3v) is 9.91. The molecule has 8 aromatic carbocycles. The van der Waals surface area contributed by atoms with E-state index in [1.807, 2.05) is 0 Å². The maximum atomic E-state index is 2.47. The molecule has 0 bridgehead atoms. The largest absolute Gasteiger partial charge is 0.309 e. The van der Waals surface area contributed by atoms with Crippen molar-refractivity contribution in [2.24, 2.45) is 0 Å². The van der Waals surface area contributed by atoms with E-state index in [2.05, 4.69) is 180 Å². The van der Waals surface area contributed by atoms with Gasteiger partial charge in [0.25, 0.3) is 0 Å². The van der Waals surface area contributed by atoms with Crippen LogP contribution in [0.5, 0.6) is 0 Å². The Balaban J connectivity index is 1.22. The molecule has 0 atom stereocenters. The Kier molecular flexibility index (Phi) is 5.53. The van der Waals surface area contributed by atoms with Gasteiger partial charge in [0.05, 0.1) is 22.1 Å². The van der Waals surface area contributed by atoms with Gasteiger partial charge in [0.1, 0.15) is 0 Å². The van der Waals surface area contributed by atoms with Crippen molar-refractivity contribution < 1.29 is 0 Å². The fraction of sp³-hybridized carbons (Fsp3) is 0.0222. The van der Waals surface area contributed by atoms with E-state index in [0.717, 1.165) is 0 Å². The van der Waals surface area contributed by atoms with E-state index in [-0.39, 0.29) is 0 Å². The summed E-state index contributed by atoms with van der Waals surface area (Å²) in [6, 6.07) is 60.2. The van der Waals surface area contributed by atoms with Gasteiger partial charge >= 0.3 is 0 Å². The fourth-order valence-electron chi connectivity index (χ4n) is 7.73. The molecule has 2 nitrogen and oxygen atoms in total. The third-order valence-electron chi connectivity index (χ3n) is 9.91. The number of aromatic nitrogens is 2. The lowest BCUT2D eigenvalue weighted by Gasteiger charge is -2.12. The Labute approximate surface area is 272 Å². The molecule has 2 heterocycles. The minimum atomic E-state index is 1.18. The maximum Gasteiger partial charge on any atom is 0.0619 e. The zero-order chi connectivity index (χ0) is 31.1. The Morgan fingerprint density at radius 2 is 0.957 bits per heavy atom. The Morgan fingerprint density at radius 1 is 0.340 bits per heavy atom. The molecule has 220 valence electrons. The van der Waals surface area contributed by atoms with Crippen LogP contribution in [0.3, 0.4) is 0 Å². The van der Waals surface area contributed by atoms with Crippen LogP contribution >= 0.6 is 0 Å². The van der Waals surface area contributed by atoms with Crippen molar-refractivity contribution >= 4 is 65.2 Å². The van der Waals surface area contributed by atoms with Crippen LogP contribution in [-0.2, 0) is 0 Å². The molecule has 2 aromatic heterocycles. The molecule has 0 spiro atoms. The maximum absolute atomic E-state index is 2.47. The first-order chi connectivity index (χ1) is 23.2. The van der Waals surface area contributed by atoms with Gasteiger partial charge in [-0.05, 0) is 88.8 Å². The minimum absolute atomic E-state index is 1.18. The van der Waals surface area contributed by atoms with E-state index < -0.39 is 0 Å². The normalized spacial score (nSPS) is 11.9. The number of hydrogen-bond donors (Lipinski definition) is 0. The molecule has 10 rings (SSSR count). The van der Waals surface area contributed by atoms with Crippen molar-refractivity contribution in [3.8, 4) is 22.5 Å². The lowest BCUT2D eigenvalue weighted by Crippen LogP contribution is -1.95. The van der Waals surface area contributed by atoms with E-state index in [1.165, 1.54) is 93.2 Å². The first kappa shape index (κ1) is 26.1. The van der Waals surface area contributed by atoms with Crippen molar-refractivity contribution in [3.63, 3.8) is 0 Å². The van der Waals surface area contributed by atoms with Gasteiger partial charge in [-0.3, -0.25) is 0 Å². The summed E-state index contributed by atoms with van der Waals surface area (Å²) in [7, 11) is 0. The smallest absolute Gasteiger partial charge is 0.0619 e. The summed E-state index contributed by atoms with van der Waals surface area (Å²) in [4.78, 5) is 0. The summed E-state index contributed by atoms with van der Waals surface area (Å²) in [6.07, 6.45) is 0. The van der Waals surface area contributed by atoms with Gasteiger partial charge in [-0.15, -0.1) is 0 Å². The van der Waals surface area contributed by atoms with Crippen LogP contribution in [0.4, 0.5) is 0 Å². The highest BCUT2D eigenvalue weighted by atomic mass is 15.0. The van der Waals surface area contributed by atoms with Crippen LogP contribution in [0.2, 0.25) is 0 Å². The predicted molar refractivity (Wildman–Crippen MR) is 200 cm³/mol. The molecule has 0 aliphatic carbocycles. The predicted octanol–water partition coefficient (Wildman–Crippen LogP) is 12.2. The van der Waals surface area contributed by atoms with Crippen LogP contribution < -0.4 is 0 Å². The number of para-hydroxylation sites is 2. The van der Waals surface area contributed by atoms with E-state index in [1.54, 1.807) is 0 Å². The highest BCUT2D eigenvalue weighted by molar-refractivity contribution is 6.19. The molecule has 0 N–H and O–H groups in total. The van der Waals surface area contributed by atoms with Gasteiger partial charge in [-0.2, -0.15) is 0 Å². The van der Waals surface area contributed by atoms with E-state index in [4.69, 9.17) is 0 Å². The monoisotopic (exact) mass is 598 g/mol. The molecule has 10 aromatic rings. The Hall–Kier alpha value is -6.12. The van der Waals surface area contributed by atoms with Gasteiger partial charge in [-0.25, -0.2) is 0 Å². The molecule has 0 saturated carbocycles.